The van der Waals surface area contributed by atoms with Crippen molar-refractivity contribution in [3.05, 3.63) is 32.8 Å². The number of halogens is 1. The summed E-state index contributed by atoms with van der Waals surface area (Å²) in [5, 5.41) is 5.46. The molecular formula is C11H14ClN5OS. The molecule has 102 valence electrons. The minimum atomic E-state index is -0.263. The third-order valence-electron chi connectivity index (χ3n) is 2.54. The van der Waals surface area contributed by atoms with E-state index in [4.69, 9.17) is 17.3 Å². The predicted octanol–water partition coefficient (Wildman–Crippen LogP) is 1.82. The highest BCUT2D eigenvalue weighted by Crippen LogP contribution is 2.26. The van der Waals surface area contributed by atoms with Crippen LogP contribution in [-0.2, 0) is 12.3 Å². The molecule has 0 saturated heterocycles. The second-order valence-corrected chi connectivity index (χ2v) is 5.27. The third kappa shape index (κ3) is 3.10. The Kier molecular flexibility index (Phi) is 4.16. The number of thioether (sulfide) groups is 1. The number of rotatable bonds is 4. The molecule has 8 heteroatoms. The molecule has 0 aliphatic heterocycles. The van der Waals surface area contributed by atoms with Crippen LogP contribution in [0.1, 0.15) is 18.3 Å². The molecule has 19 heavy (non-hydrogen) atoms. The van der Waals surface area contributed by atoms with Crippen LogP contribution < -0.4 is 11.3 Å². The Balaban J connectivity index is 2.21. The summed E-state index contributed by atoms with van der Waals surface area (Å²) in [5.74, 6) is 0.775. The fraction of sp³-hybridized carbons (Fsp3) is 0.364. The zero-order valence-electron chi connectivity index (χ0n) is 10.6. The highest BCUT2D eigenvalue weighted by atomic mass is 35.5. The summed E-state index contributed by atoms with van der Waals surface area (Å²) < 4.78 is 1.84. The number of anilines is 1. The molecule has 0 unspecified atom stereocenters. The predicted molar refractivity (Wildman–Crippen MR) is 76.5 cm³/mol. The molecule has 2 heterocycles. The van der Waals surface area contributed by atoms with Crippen molar-refractivity contribution < 1.29 is 0 Å². The summed E-state index contributed by atoms with van der Waals surface area (Å²) in [7, 11) is 0. The number of aryl methyl sites for hydroxylation is 2. The molecule has 0 aromatic carbocycles. The number of nitrogens with zero attached hydrogens (tertiary/aromatic N) is 3. The highest BCUT2D eigenvalue weighted by molar-refractivity contribution is 7.98. The molecule has 0 bridgehead atoms. The molecule has 2 aromatic rings. The number of aromatic amines is 1. The SMILES string of the molecule is CCn1nc(C)c(Cl)c1CSc1nc(N)cc(=O)[nH]1. The van der Waals surface area contributed by atoms with E-state index in [0.29, 0.717) is 15.9 Å². The van der Waals surface area contributed by atoms with E-state index >= 15 is 0 Å². The van der Waals surface area contributed by atoms with Gasteiger partial charge in [-0.05, 0) is 13.8 Å². The molecule has 0 spiro atoms. The number of hydrogen-bond acceptors (Lipinski definition) is 5. The zero-order valence-corrected chi connectivity index (χ0v) is 12.2. The van der Waals surface area contributed by atoms with Crippen LogP contribution in [0.2, 0.25) is 5.02 Å². The van der Waals surface area contributed by atoms with Gasteiger partial charge in [0, 0.05) is 18.4 Å². The number of hydrogen-bond donors (Lipinski definition) is 2. The fourth-order valence-corrected chi connectivity index (χ4v) is 2.86. The van der Waals surface area contributed by atoms with E-state index in [-0.39, 0.29) is 11.4 Å². The average molecular weight is 300 g/mol. The van der Waals surface area contributed by atoms with Gasteiger partial charge in [0.2, 0.25) is 0 Å². The van der Waals surface area contributed by atoms with Gasteiger partial charge in [-0.25, -0.2) is 4.98 Å². The average Bonchev–Trinajstić information content (AvgIpc) is 2.62. The van der Waals surface area contributed by atoms with Crippen molar-refractivity contribution in [1.82, 2.24) is 19.7 Å². The van der Waals surface area contributed by atoms with Crippen molar-refractivity contribution in [2.45, 2.75) is 31.3 Å². The van der Waals surface area contributed by atoms with Crippen molar-refractivity contribution in [2.75, 3.05) is 5.73 Å². The number of nitrogen functional groups attached to an aromatic ring is 1. The molecule has 0 saturated carbocycles. The van der Waals surface area contributed by atoms with Crippen molar-refractivity contribution in [3.8, 4) is 0 Å². The monoisotopic (exact) mass is 299 g/mol. The Labute approximate surface area is 119 Å². The lowest BCUT2D eigenvalue weighted by molar-refractivity contribution is 0.631. The number of nitrogens with one attached hydrogen (secondary N) is 1. The molecule has 2 rings (SSSR count). The van der Waals surface area contributed by atoms with E-state index < -0.39 is 0 Å². The molecule has 0 radical (unpaired) electrons. The van der Waals surface area contributed by atoms with Gasteiger partial charge in [-0.15, -0.1) is 0 Å². The second kappa shape index (κ2) is 5.66. The van der Waals surface area contributed by atoms with Crippen molar-refractivity contribution >= 4 is 29.2 Å². The minimum absolute atomic E-state index is 0.206. The first-order chi connectivity index (χ1) is 9.01. The Hall–Kier alpha value is -1.47. The Morgan fingerprint density at radius 1 is 1.58 bits per heavy atom. The normalized spacial score (nSPS) is 10.9. The van der Waals surface area contributed by atoms with Crippen LogP contribution in [0.5, 0.6) is 0 Å². The van der Waals surface area contributed by atoms with Crippen molar-refractivity contribution in [1.29, 1.82) is 0 Å². The smallest absolute Gasteiger partial charge is 0.253 e. The number of nitrogens with two attached hydrogens (primary N) is 1. The Bertz CT molecular complexity index is 651. The number of H-pyrrole nitrogens is 1. The molecule has 2 aromatic heterocycles. The van der Waals surface area contributed by atoms with Crippen molar-refractivity contribution in [2.24, 2.45) is 0 Å². The van der Waals surface area contributed by atoms with Gasteiger partial charge in [0.05, 0.1) is 16.4 Å². The minimum Gasteiger partial charge on any atom is -0.383 e. The summed E-state index contributed by atoms with van der Waals surface area (Å²) in [6.07, 6.45) is 0. The summed E-state index contributed by atoms with van der Waals surface area (Å²) in [4.78, 5) is 18.0. The maximum atomic E-state index is 11.3. The first kappa shape index (κ1) is 14.0. The third-order valence-corrected chi connectivity index (χ3v) is 3.91. The van der Waals surface area contributed by atoms with Gasteiger partial charge in [-0.2, -0.15) is 5.10 Å². The quantitative estimate of drug-likeness (QED) is 0.664. The van der Waals surface area contributed by atoms with Gasteiger partial charge in [0.1, 0.15) is 5.82 Å². The molecule has 3 N–H and O–H groups in total. The lowest BCUT2D eigenvalue weighted by Crippen LogP contribution is -2.09. The lowest BCUT2D eigenvalue weighted by Gasteiger charge is -2.05. The highest BCUT2D eigenvalue weighted by Gasteiger charge is 2.13. The topological polar surface area (TPSA) is 89.6 Å². The van der Waals surface area contributed by atoms with Gasteiger partial charge in [0.15, 0.2) is 5.16 Å². The van der Waals surface area contributed by atoms with Gasteiger partial charge < -0.3 is 10.7 Å². The molecular weight excluding hydrogens is 286 g/mol. The van der Waals surface area contributed by atoms with E-state index in [2.05, 4.69) is 15.1 Å². The maximum Gasteiger partial charge on any atom is 0.253 e. The number of aromatic nitrogens is 4. The summed E-state index contributed by atoms with van der Waals surface area (Å²) in [5.41, 5.74) is 6.98. The van der Waals surface area contributed by atoms with Gasteiger partial charge in [0.25, 0.3) is 5.56 Å². The van der Waals surface area contributed by atoms with Gasteiger partial charge in [-0.1, -0.05) is 23.4 Å². The zero-order chi connectivity index (χ0) is 14.0. The summed E-state index contributed by atoms with van der Waals surface area (Å²) >= 11 is 7.57. The largest absolute Gasteiger partial charge is 0.383 e. The summed E-state index contributed by atoms with van der Waals surface area (Å²) in [6, 6.07) is 1.25. The van der Waals surface area contributed by atoms with Crippen LogP contribution in [0.25, 0.3) is 0 Å². The van der Waals surface area contributed by atoms with Crippen LogP contribution >= 0.6 is 23.4 Å². The molecule has 0 aliphatic rings. The maximum absolute atomic E-state index is 11.3. The van der Waals surface area contributed by atoms with Crippen LogP contribution in [0.3, 0.4) is 0 Å². The summed E-state index contributed by atoms with van der Waals surface area (Å²) in [6.45, 7) is 4.60. The van der Waals surface area contributed by atoms with Crippen LogP contribution in [0, 0.1) is 6.92 Å². The van der Waals surface area contributed by atoms with E-state index in [1.165, 1.54) is 17.8 Å². The second-order valence-electron chi connectivity index (χ2n) is 3.93. The Morgan fingerprint density at radius 3 is 2.95 bits per heavy atom. The molecule has 0 fully saturated rings. The van der Waals surface area contributed by atoms with Gasteiger partial charge in [-0.3, -0.25) is 9.48 Å². The van der Waals surface area contributed by atoms with E-state index in [0.717, 1.165) is 17.9 Å². The van der Waals surface area contributed by atoms with Crippen LogP contribution in [0.4, 0.5) is 5.82 Å². The lowest BCUT2D eigenvalue weighted by atomic mass is 10.4. The molecule has 0 atom stereocenters. The Morgan fingerprint density at radius 2 is 2.32 bits per heavy atom. The van der Waals surface area contributed by atoms with E-state index in [1.807, 2.05) is 18.5 Å². The standard InChI is InChI=1S/C11H14ClN5OS/c1-3-17-7(10(12)6(2)16-17)5-19-11-14-8(13)4-9(18)15-11/h4H,3,5H2,1-2H3,(H3,13,14,15,18). The fourth-order valence-electron chi connectivity index (χ4n) is 1.67. The van der Waals surface area contributed by atoms with Crippen LogP contribution in [-0.4, -0.2) is 19.7 Å². The van der Waals surface area contributed by atoms with Crippen molar-refractivity contribution in [3.63, 3.8) is 0 Å². The molecule has 0 aliphatic carbocycles. The molecule has 6 nitrogen and oxygen atoms in total. The van der Waals surface area contributed by atoms with Crippen LogP contribution in [0.15, 0.2) is 16.0 Å². The first-order valence-electron chi connectivity index (χ1n) is 5.72. The first-order valence-corrected chi connectivity index (χ1v) is 7.09. The molecule has 0 amide bonds. The van der Waals surface area contributed by atoms with Gasteiger partial charge >= 0.3 is 0 Å². The van der Waals surface area contributed by atoms with E-state index in [9.17, 15) is 4.79 Å². The van der Waals surface area contributed by atoms with E-state index in [1.54, 1.807) is 0 Å².